The quantitative estimate of drug-likeness (QED) is 0.774. The summed E-state index contributed by atoms with van der Waals surface area (Å²) in [7, 11) is 0. The largest absolute Gasteiger partial charge is 0.382 e. The Labute approximate surface area is 140 Å². The molecular formula is C16H23N5O3. The van der Waals surface area contributed by atoms with Crippen LogP contribution in [0.2, 0.25) is 0 Å². The Kier molecular flexibility index (Phi) is 3.90. The number of ether oxygens (including phenoxy) is 3. The second-order valence-electron chi connectivity index (χ2n) is 6.73. The highest BCUT2D eigenvalue weighted by Crippen LogP contribution is 2.46. The summed E-state index contributed by atoms with van der Waals surface area (Å²) in [5.74, 6) is 0.362. The first-order valence-electron chi connectivity index (χ1n) is 8.49. The smallest absolute Gasteiger partial charge is 0.190 e. The second kappa shape index (κ2) is 5.94. The van der Waals surface area contributed by atoms with Gasteiger partial charge in [0, 0.05) is 6.61 Å². The molecule has 1 saturated carbocycles. The van der Waals surface area contributed by atoms with Crippen LogP contribution in [0.4, 0.5) is 5.82 Å². The average molecular weight is 333 g/mol. The van der Waals surface area contributed by atoms with Crippen LogP contribution in [-0.2, 0) is 14.2 Å². The van der Waals surface area contributed by atoms with E-state index >= 15 is 0 Å². The van der Waals surface area contributed by atoms with E-state index in [0.717, 1.165) is 25.7 Å². The number of unbranched alkanes of at least 4 members (excludes halogenated alkanes) is 1. The Hall–Kier alpha value is -1.77. The molecule has 8 nitrogen and oxygen atoms in total. The molecule has 1 aliphatic carbocycles. The van der Waals surface area contributed by atoms with E-state index in [1.807, 2.05) is 4.57 Å². The molecule has 0 spiro atoms. The summed E-state index contributed by atoms with van der Waals surface area (Å²) in [4.78, 5) is 12.6. The van der Waals surface area contributed by atoms with Crippen LogP contribution < -0.4 is 5.73 Å². The van der Waals surface area contributed by atoms with Gasteiger partial charge in [-0.2, -0.15) is 0 Å². The lowest BCUT2D eigenvalue weighted by atomic mass is 10.2. The molecule has 0 bridgehead atoms. The topological polar surface area (TPSA) is 97.3 Å². The normalized spacial score (nSPS) is 28.0. The van der Waals surface area contributed by atoms with Crippen molar-refractivity contribution in [3.05, 3.63) is 12.7 Å². The van der Waals surface area contributed by atoms with Crippen molar-refractivity contribution in [3.8, 4) is 0 Å². The number of hydrogen-bond donors (Lipinski definition) is 1. The minimum Gasteiger partial charge on any atom is -0.382 e. The first-order valence-corrected chi connectivity index (χ1v) is 8.49. The highest BCUT2D eigenvalue weighted by Gasteiger charge is 2.52. The van der Waals surface area contributed by atoms with Gasteiger partial charge in [0.25, 0.3) is 0 Å². The van der Waals surface area contributed by atoms with Crippen LogP contribution in [0.1, 0.15) is 45.8 Å². The lowest BCUT2D eigenvalue weighted by Gasteiger charge is -2.45. The van der Waals surface area contributed by atoms with E-state index in [2.05, 4.69) is 28.8 Å². The van der Waals surface area contributed by atoms with Crippen molar-refractivity contribution >= 4 is 17.0 Å². The first-order chi connectivity index (χ1) is 11.6. The highest BCUT2D eigenvalue weighted by molar-refractivity contribution is 5.81. The van der Waals surface area contributed by atoms with Gasteiger partial charge in [-0.1, -0.05) is 13.3 Å². The maximum absolute atomic E-state index is 6.27. The van der Waals surface area contributed by atoms with E-state index < -0.39 is 0 Å². The average Bonchev–Trinajstić information content (AvgIpc) is 3.14. The summed E-state index contributed by atoms with van der Waals surface area (Å²) >= 11 is 0. The third-order valence-corrected chi connectivity index (χ3v) is 4.64. The standard InChI is InChI=1S/C16H23N5O3/c1-3-4-7-22-15-11(24-16(2)5-6-16)14(23-15)21-9-20-10-12(17)18-8-19-13(10)21/h8-9,11,14-15H,3-7H2,1-2H3,(H2,17,18,19)/t11-,14-,15?/m1/s1. The fourth-order valence-electron chi connectivity index (χ4n) is 2.83. The van der Waals surface area contributed by atoms with Crippen LogP contribution in [0.15, 0.2) is 12.7 Å². The van der Waals surface area contributed by atoms with Gasteiger partial charge in [-0.15, -0.1) is 0 Å². The highest BCUT2D eigenvalue weighted by atomic mass is 16.7. The summed E-state index contributed by atoms with van der Waals surface area (Å²) < 4.78 is 19.9. The molecule has 2 fully saturated rings. The zero-order valence-corrected chi connectivity index (χ0v) is 14.0. The molecule has 0 radical (unpaired) electrons. The van der Waals surface area contributed by atoms with Crippen molar-refractivity contribution < 1.29 is 14.2 Å². The van der Waals surface area contributed by atoms with Gasteiger partial charge in [0.15, 0.2) is 30.1 Å². The Balaban J connectivity index is 1.55. The number of aromatic nitrogens is 4. The molecule has 1 saturated heterocycles. The SMILES string of the molecule is CCCCOC1O[C@@H](n2cnc3c(N)ncnc32)[C@H]1OC1(C)CC1. The number of imidazole rings is 1. The molecular weight excluding hydrogens is 310 g/mol. The molecule has 130 valence electrons. The van der Waals surface area contributed by atoms with E-state index in [-0.39, 0.29) is 24.2 Å². The van der Waals surface area contributed by atoms with E-state index in [1.165, 1.54) is 6.33 Å². The van der Waals surface area contributed by atoms with Crippen molar-refractivity contribution in [1.82, 2.24) is 19.5 Å². The van der Waals surface area contributed by atoms with Gasteiger partial charge in [-0.25, -0.2) is 15.0 Å². The van der Waals surface area contributed by atoms with Gasteiger partial charge in [0.05, 0.1) is 11.9 Å². The molecule has 0 aromatic carbocycles. The second-order valence-corrected chi connectivity index (χ2v) is 6.73. The van der Waals surface area contributed by atoms with Crippen LogP contribution in [0.5, 0.6) is 0 Å². The molecule has 8 heteroatoms. The van der Waals surface area contributed by atoms with Gasteiger partial charge < -0.3 is 19.9 Å². The van der Waals surface area contributed by atoms with Gasteiger partial charge >= 0.3 is 0 Å². The van der Waals surface area contributed by atoms with E-state index in [4.69, 9.17) is 19.9 Å². The Bertz CT molecular complexity index is 730. The van der Waals surface area contributed by atoms with Gasteiger partial charge in [-0.3, -0.25) is 4.57 Å². The number of nitrogens with two attached hydrogens (primary N) is 1. The van der Waals surface area contributed by atoms with Crippen LogP contribution in [0.3, 0.4) is 0 Å². The molecule has 2 aromatic rings. The van der Waals surface area contributed by atoms with E-state index in [0.29, 0.717) is 23.6 Å². The van der Waals surface area contributed by atoms with E-state index in [9.17, 15) is 0 Å². The minimum atomic E-state index is -0.351. The van der Waals surface area contributed by atoms with E-state index in [1.54, 1.807) is 6.33 Å². The van der Waals surface area contributed by atoms with Gasteiger partial charge in [0.2, 0.25) is 0 Å². The predicted molar refractivity (Wildman–Crippen MR) is 87.0 cm³/mol. The summed E-state index contributed by atoms with van der Waals surface area (Å²) in [5.41, 5.74) is 7.02. The number of hydrogen-bond acceptors (Lipinski definition) is 7. The zero-order chi connectivity index (χ0) is 16.7. The molecule has 24 heavy (non-hydrogen) atoms. The number of anilines is 1. The maximum atomic E-state index is 6.27. The third-order valence-electron chi connectivity index (χ3n) is 4.64. The fourth-order valence-corrected chi connectivity index (χ4v) is 2.83. The van der Waals surface area contributed by atoms with Crippen LogP contribution in [0.25, 0.3) is 11.2 Å². The lowest BCUT2D eigenvalue weighted by Crippen LogP contribution is -2.54. The van der Waals surface area contributed by atoms with Gasteiger partial charge in [-0.05, 0) is 26.2 Å². The molecule has 4 rings (SSSR count). The first kappa shape index (κ1) is 15.7. The van der Waals surface area contributed by atoms with Crippen molar-refractivity contribution in [1.29, 1.82) is 0 Å². The van der Waals surface area contributed by atoms with Crippen molar-refractivity contribution in [2.45, 2.75) is 63.8 Å². The van der Waals surface area contributed by atoms with Crippen LogP contribution in [0, 0.1) is 0 Å². The minimum absolute atomic E-state index is 0.0660. The lowest BCUT2D eigenvalue weighted by molar-refractivity contribution is -0.367. The van der Waals surface area contributed by atoms with Crippen molar-refractivity contribution in [2.75, 3.05) is 12.3 Å². The Morgan fingerprint density at radius 3 is 2.96 bits per heavy atom. The molecule has 3 atom stereocenters. The molecule has 1 unspecified atom stereocenters. The summed E-state index contributed by atoms with van der Waals surface area (Å²) in [6.07, 6.45) is 6.49. The molecule has 1 aliphatic heterocycles. The molecule has 2 N–H and O–H groups in total. The predicted octanol–water partition coefficient (Wildman–Crippen LogP) is 2.02. The van der Waals surface area contributed by atoms with Crippen molar-refractivity contribution in [3.63, 3.8) is 0 Å². The number of rotatable bonds is 7. The fraction of sp³-hybridized carbons (Fsp3) is 0.688. The van der Waals surface area contributed by atoms with Crippen LogP contribution in [-0.4, -0.2) is 44.1 Å². The third kappa shape index (κ3) is 2.74. The summed E-state index contributed by atoms with van der Waals surface area (Å²) in [6.45, 7) is 4.93. The zero-order valence-electron chi connectivity index (χ0n) is 14.0. The number of nitrogen functional groups attached to an aromatic ring is 1. The van der Waals surface area contributed by atoms with Crippen molar-refractivity contribution in [2.24, 2.45) is 0 Å². The molecule has 2 aliphatic rings. The molecule has 2 aromatic heterocycles. The maximum Gasteiger partial charge on any atom is 0.190 e. The summed E-state index contributed by atoms with van der Waals surface area (Å²) in [5, 5.41) is 0. The number of nitrogens with zero attached hydrogens (tertiary/aromatic N) is 4. The monoisotopic (exact) mass is 333 g/mol. The van der Waals surface area contributed by atoms with Crippen LogP contribution >= 0.6 is 0 Å². The molecule has 3 heterocycles. The van der Waals surface area contributed by atoms with Gasteiger partial charge in [0.1, 0.15) is 11.8 Å². The number of fused-ring (bicyclic) bond motifs is 1. The molecule has 0 amide bonds. The Morgan fingerprint density at radius 1 is 1.38 bits per heavy atom. The Morgan fingerprint density at radius 2 is 2.21 bits per heavy atom. The summed E-state index contributed by atoms with van der Waals surface area (Å²) in [6, 6.07) is 0.